The normalized spacial score (nSPS) is 9.96. The highest BCUT2D eigenvalue weighted by Crippen LogP contribution is 2.17. The van der Waals surface area contributed by atoms with Gasteiger partial charge in [-0.25, -0.2) is 4.79 Å². The molecule has 2 N–H and O–H groups in total. The number of ether oxygens (including phenoxy) is 2. The Morgan fingerprint density at radius 2 is 1.91 bits per heavy atom. The van der Waals surface area contributed by atoms with E-state index >= 15 is 0 Å². The summed E-state index contributed by atoms with van der Waals surface area (Å²) < 4.78 is 9.55. The van der Waals surface area contributed by atoms with Crippen molar-refractivity contribution in [1.29, 1.82) is 0 Å². The molecule has 0 spiro atoms. The van der Waals surface area contributed by atoms with E-state index in [1.165, 1.54) is 18.9 Å². The number of hydrogen-bond donors (Lipinski definition) is 2. The topological polar surface area (TPSA) is 93.7 Å². The summed E-state index contributed by atoms with van der Waals surface area (Å²) in [7, 11) is 1.50. The number of benzene rings is 1. The average molecular weight is 340 g/mol. The third kappa shape index (κ3) is 9.54. The summed E-state index contributed by atoms with van der Waals surface area (Å²) >= 11 is 1.53. The highest BCUT2D eigenvalue weighted by molar-refractivity contribution is 7.99. The highest BCUT2D eigenvalue weighted by Gasteiger charge is 2.10. The molecule has 23 heavy (non-hydrogen) atoms. The number of carbonyl (C=O) groups excluding carboxylic acids is 3. The van der Waals surface area contributed by atoms with Crippen LogP contribution in [0.1, 0.15) is 6.42 Å². The van der Waals surface area contributed by atoms with Crippen LogP contribution < -0.4 is 10.6 Å². The first-order valence-corrected chi connectivity index (χ1v) is 8.00. The number of imide groups is 1. The van der Waals surface area contributed by atoms with Crippen molar-refractivity contribution in [3.05, 3.63) is 30.3 Å². The van der Waals surface area contributed by atoms with Gasteiger partial charge in [-0.2, -0.15) is 0 Å². The minimum atomic E-state index is -0.677. The minimum Gasteiger partial charge on any atom is -0.456 e. The van der Waals surface area contributed by atoms with Crippen LogP contribution in [0.2, 0.25) is 0 Å². The molecule has 1 aromatic rings. The maximum Gasteiger partial charge on any atom is 0.321 e. The largest absolute Gasteiger partial charge is 0.456 e. The fourth-order valence-electron chi connectivity index (χ4n) is 1.46. The van der Waals surface area contributed by atoms with Gasteiger partial charge in [0.1, 0.15) is 0 Å². The molecule has 0 saturated heterocycles. The molecule has 0 radical (unpaired) electrons. The molecular weight excluding hydrogens is 320 g/mol. The molecule has 0 aliphatic heterocycles. The molecule has 0 aliphatic carbocycles. The first-order valence-electron chi connectivity index (χ1n) is 7.02. The molecule has 0 heterocycles. The van der Waals surface area contributed by atoms with E-state index in [0.717, 1.165) is 4.90 Å². The zero-order valence-corrected chi connectivity index (χ0v) is 13.7. The molecule has 0 aliphatic rings. The van der Waals surface area contributed by atoms with Crippen LogP contribution in [0.5, 0.6) is 0 Å². The van der Waals surface area contributed by atoms with Crippen LogP contribution >= 0.6 is 11.8 Å². The van der Waals surface area contributed by atoms with Gasteiger partial charge in [0.15, 0.2) is 6.61 Å². The smallest absolute Gasteiger partial charge is 0.321 e. The van der Waals surface area contributed by atoms with E-state index < -0.39 is 24.5 Å². The fraction of sp³-hybridized carbons (Fsp3) is 0.400. The maximum atomic E-state index is 11.5. The van der Waals surface area contributed by atoms with Crippen LogP contribution in [-0.2, 0) is 19.1 Å². The zero-order chi connectivity index (χ0) is 16.9. The van der Waals surface area contributed by atoms with E-state index in [1.807, 2.05) is 35.6 Å². The van der Waals surface area contributed by atoms with E-state index in [2.05, 4.69) is 5.32 Å². The Morgan fingerprint density at radius 3 is 2.61 bits per heavy atom. The summed E-state index contributed by atoms with van der Waals surface area (Å²) in [6.45, 7) is 0.147. The van der Waals surface area contributed by atoms with Crippen LogP contribution in [0.15, 0.2) is 35.2 Å². The summed E-state index contributed by atoms with van der Waals surface area (Å²) in [6.07, 6.45) is 0.187. The van der Waals surface area contributed by atoms with Gasteiger partial charge in [-0.3, -0.25) is 14.9 Å². The highest BCUT2D eigenvalue weighted by atomic mass is 32.2. The lowest BCUT2D eigenvalue weighted by Gasteiger charge is -2.07. The molecule has 0 saturated carbocycles. The maximum absolute atomic E-state index is 11.5. The van der Waals surface area contributed by atoms with Gasteiger partial charge in [0, 0.05) is 24.3 Å². The van der Waals surface area contributed by atoms with Gasteiger partial charge in [0.2, 0.25) is 0 Å². The number of nitrogens with one attached hydrogen (secondary N) is 2. The summed E-state index contributed by atoms with van der Waals surface area (Å²) in [6, 6.07) is 9.01. The Morgan fingerprint density at radius 1 is 1.17 bits per heavy atom. The summed E-state index contributed by atoms with van der Waals surface area (Å²) in [5.74, 6) is -0.602. The Kier molecular flexibility index (Phi) is 9.49. The Labute approximate surface area is 139 Å². The van der Waals surface area contributed by atoms with Crippen molar-refractivity contribution >= 4 is 29.7 Å². The standard InChI is InChI=1S/C15H20N2O5S/c1-21-9-8-16-15(20)17-13(18)11-22-14(19)7-10-23-12-5-3-2-4-6-12/h2-6H,7-11H2,1H3,(H2,16,17,18,20). The second-order valence-electron chi connectivity index (χ2n) is 4.37. The van der Waals surface area contributed by atoms with Crippen molar-refractivity contribution in [1.82, 2.24) is 10.6 Å². The lowest BCUT2D eigenvalue weighted by molar-refractivity contribution is -0.147. The SMILES string of the molecule is COCCNC(=O)NC(=O)COC(=O)CCSc1ccccc1. The van der Waals surface area contributed by atoms with Crippen LogP contribution in [0.3, 0.4) is 0 Å². The van der Waals surface area contributed by atoms with Crippen molar-refractivity contribution in [2.45, 2.75) is 11.3 Å². The molecule has 0 aromatic heterocycles. The van der Waals surface area contributed by atoms with Crippen molar-refractivity contribution in [3.63, 3.8) is 0 Å². The number of methoxy groups -OCH3 is 1. The van der Waals surface area contributed by atoms with Gasteiger partial charge < -0.3 is 14.8 Å². The monoisotopic (exact) mass is 340 g/mol. The van der Waals surface area contributed by atoms with Gasteiger partial charge in [0.25, 0.3) is 5.91 Å². The van der Waals surface area contributed by atoms with Crippen molar-refractivity contribution in [2.24, 2.45) is 0 Å². The number of carbonyl (C=O) groups is 3. The third-order valence-electron chi connectivity index (χ3n) is 2.53. The van der Waals surface area contributed by atoms with Crippen molar-refractivity contribution in [2.75, 3.05) is 32.6 Å². The van der Waals surface area contributed by atoms with Gasteiger partial charge >= 0.3 is 12.0 Å². The molecular formula is C15H20N2O5S. The van der Waals surface area contributed by atoms with Crippen LogP contribution in [0.25, 0.3) is 0 Å². The number of urea groups is 1. The second kappa shape index (κ2) is 11.5. The number of esters is 1. The molecule has 3 amide bonds. The number of amides is 3. The predicted octanol–water partition coefficient (Wildman–Crippen LogP) is 1.18. The van der Waals surface area contributed by atoms with E-state index in [-0.39, 0.29) is 13.0 Å². The summed E-state index contributed by atoms with van der Waals surface area (Å²) in [5.41, 5.74) is 0. The van der Waals surface area contributed by atoms with Gasteiger partial charge in [-0.1, -0.05) is 18.2 Å². The Balaban J connectivity index is 2.10. The predicted molar refractivity (Wildman–Crippen MR) is 86.2 cm³/mol. The van der Waals surface area contributed by atoms with Crippen LogP contribution in [-0.4, -0.2) is 50.5 Å². The molecule has 0 fully saturated rings. The minimum absolute atomic E-state index is 0.187. The van der Waals surface area contributed by atoms with E-state index in [4.69, 9.17) is 9.47 Å². The van der Waals surface area contributed by atoms with Gasteiger partial charge in [0.05, 0.1) is 13.0 Å². The molecule has 8 heteroatoms. The average Bonchev–Trinajstić information content (AvgIpc) is 2.54. The first-order chi connectivity index (χ1) is 11.1. The van der Waals surface area contributed by atoms with Gasteiger partial charge in [-0.15, -0.1) is 11.8 Å². The van der Waals surface area contributed by atoms with E-state index in [0.29, 0.717) is 12.4 Å². The molecule has 0 unspecified atom stereocenters. The molecule has 1 rings (SSSR count). The number of thioether (sulfide) groups is 1. The molecule has 0 bridgehead atoms. The zero-order valence-electron chi connectivity index (χ0n) is 12.9. The molecule has 0 atom stereocenters. The molecule has 7 nitrogen and oxygen atoms in total. The molecule has 126 valence electrons. The van der Waals surface area contributed by atoms with E-state index in [9.17, 15) is 14.4 Å². The Bertz CT molecular complexity index is 510. The third-order valence-corrected chi connectivity index (χ3v) is 3.54. The number of hydrogen-bond acceptors (Lipinski definition) is 6. The second-order valence-corrected chi connectivity index (χ2v) is 5.54. The van der Waals surface area contributed by atoms with Gasteiger partial charge in [-0.05, 0) is 12.1 Å². The van der Waals surface area contributed by atoms with Crippen molar-refractivity contribution < 1.29 is 23.9 Å². The fourth-order valence-corrected chi connectivity index (χ4v) is 2.31. The first kappa shape index (κ1) is 19.0. The Hall–Kier alpha value is -2.06. The summed E-state index contributed by atoms with van der Waals surface area (Å²) in [5, 5.41) is 4.46. The van der Waals surface area contributed by atoms with E-state index in [1.54, 1.807) is 0 Å². The number of rotatable bonds is 9. The summed E-state index contributed by atoms with van der Waals surface area (Å²) in [4.78, 5) is 35.2. The van der Waals surface area contributed by atoms with Crippen LogP contribution in [0, 0.1) is 0 Å². The van der Waals surface area contributed by atoms with Crippen LogP contribution in [0.4, 0.5) is 4.79 Å². The molecule has 1 aromatic carbocycles. The van der Waals surface area contributed by atoms with Crippen molar-refractivity contribution in [3.8, 4) is 0 Å². The lowest BCUT2D eigenvalue weighted by atomic mass is 10.4. The lowest BCUT2D eigenvalue weighted by Crippen LogP contribution is -2.42. The quantitative estimate of drug-likeness (QED) is 0.398.